The summed E-state index contributed by atoms with van der Waals surface area (Å²) in [5, 5.41) is 2.42. The third kappa shape index (κ3) is 6.89. The second-order valence-electron chi connectivity index (χ2n) is 5.80. The molecule has 0 bridgehead atoms. The Morgan fingerprint density at radius 1 is 1.00 bits per heavy atom. The van der Waals surface area contributed by atoms with E-state index in [9.17, 15) is 14.4 Å². The van der Waals surface area contributed by atoms with E-state index in [-0.39, 0.29) is 24.2 Å². The number of benzene rings is 2. The number of carbonyl (C=O) groups is 3. The highest BCUT2D eigenvalue weighted by Gasteiger charge is 2.11. The molecular formula is C20H21N3O5S. The van der Waals surface area contributed by atoms with Crippen molar-refractivity contribution in [3.63, 3.8) is 0 Å². The smallest absolute Gasteiger partial charge is 0.338 e. The number of amides is 2. The average molecular weight is 415 g/mol. The van der Waals surface area contributed by atoms with E-state index in [0.29, 0.717) is 16.9 Å². The normalized spacial score (nSPS) is 9.86. The summed E-state index contributed by atoms with van der Waals surface area (Å²) in [5.41, 5.74) is 6.44. The first kappa shape index (κ1) is 21.8. The van der Waals surface area contributed by atoms with E-state index in [1.54, 1.807) is 43.3 Å². The molecule has 2 amide bonds. The highest BCUT2D eigenvalue weighted by atomic mass is 32.1. The lowest BCUT2D eigenvalue weighted by Crippen LogP contribution is -2.49. The standard InChI is InChI=1S/C20H21N3O5S/c1-3-27-19(26)14-8-10-15(11-9-14)28-12-17(24)22-23-20(29)21-18(25)16-7-5-4-6-13(16)2/h4-11H,3,12H2,1-2H3,(H,22,24)(H2,21,23,25,29). The topological polar surface area (TPSA) is 106 Å². The van der Waals surface area contributed by atoms with Crippen molar-refractivity contribution < 1.29 is 23.9 Å². The SMILES string of the molecule is CCOC(=O)c1ccc(OCC(=O)NNC(=S)NC(=O)c2ccccc2C)cc1. The highest BCUT2D eigenvalue weighted by Crippen LogP contribution is 2.12. The zero-order valence-electron chi connectivity index (χ0n) is 16.0. The Kier molecular flexibility index (Phi) is 8.11. The van der Waals surface area contributed by atoms with Crippen molar-refractivity contribution in [2.45, 2.75) is 13.8 Å². The number of hydrazine groups is 1. The summed E-state index contributed by atoms with van der Waals surface area (Å²) in [7, 11) is 0. The van der Waals surface area contributed by atoms with Gasteiger partial charge in [-0.3, -0.25) is 25.8 Å². The van der Waals surface area contributed by atoms with Crippen molar-refractivity contribution in [3.8, 4) is 5.75 Å². The first-order valence-electron chi connectivity index (χ1n) is 8.76. The molecule has 0 saturated carbocycles. The van der Waals surface area contributed by atoms with Crippen LogP contribution in [0, 0.1) is 6.92 Å². The molecule has 8 nitrogen and oxygen atoms in total. The molecule has 9 heteroatoms. The molecule has 0 saturated heterocycles. The number of hydrogen-bond donors (Lipinski definition) is 3. The summed E-state index contributed by atoms with van der Waals surface area (Å²) in [6, 6.07) is 13.3. The molecule has 0 aromatic heterocycles. The van der Waals surface area contributed by atoms with Crippen LogP contribution in [0.25, 0.3) is 0 Å². The molecule has 0 fully saturated rings. The quantitative estimate of drug-likeness (QED) is 0.376. The van der Waals surface area contributed by atoms with Gasteiger partial charge in [-0.05, 0) is 62.0 Å². The van der Waals surface area contributed by atoms with Crippen LogP contribution in [0.3, 0.4) is 0 Å². The summed E-state index contributed by atoms with van der Waals surface area (Å²) in [5.74, 6) is -0.911. The third-order valence-electron chi connectivity index (χ3n) is 3.67. The molecule has 0 atom stereocenters. The van der Waals surface area contributed by atoms with Gasteiger partial charge in [0.2, 0.25) is 0 Å². The Bertz CT molecular complexity index is 899. The second-order valence-corrected chi connectivity index (χ2v) is 6.21. The molecule has 29 heavy (non-hydrogen) atoms. The lowest BCUT2D eigenvalue weighted by molar-refractivity contribution is -0.123. The van der Waals surface area contributed by atoms with Crippen molar-refractivity contribution >= 4 is 35.1 Å². The van der Waals surface area contributed by atoms with Gasteiger partial charge in [0.25, 0.3) is 11.8 Å². The molecule has 0 aliphatic heterocycles. The van der Waals surface area contributed by atoms with Gasteiger partial charge in [-0.2, -0.15) is 0 Å². The number of hydrogen-bond acceptors (Lipinski definition) is 6. The summed E-state index contributed by atoms with van der Waals surface area (Å²) < 4.78 is 10.2. The molecule has 2 aromatic rings. The van der Waals surface area contributed by atoms with E-state index >= 15 is 0 Å². The molecule has 0 aliphatic rings. The van der Waals surface area contributed by atoms with E-state index in [2.05, 4.69) is 16.2 Å². The van der Waals surface area contributed by atoms with Crippen LogP contribution >= 0.6 is 12.2 Å². The fourth-order valence-corrected chi connectivity index (χ4v) is 2.39. The Balaban J connectivity index is 1.74. The maximum absolute atomic E-state index is 12.1. The molecule has 0 unspecified atom stereocenters. The highest BCUT2D eigenvalue weighted by molar-refractivity contribution is 7.80. The minimum Gasteiger partial charge on any atom is -0.484 e. The van der Waals surface area contributed by atoms with Crippen LogP contribution in [0.1, 0.15) is 33.2 Å². The maximum atomic E-state index is 12.1. The molecular weight excluding hydrogens is 394 g/mol. The molecule has 0 aliphatic carbocycles. The van der Waals surface area contributed by atoms with Gasteiger partial charge >= 0.3 is 5.97 Å². The number of aryl methyl sites for hydroxylation is 1. The molecule has 2 aromatic carbocycles. The number of esters is 1. The van der Waals surface area contributed by atoms with Crippen LogP contribution < -0.4 is 20.9 Å². The number of ether oxygens (including phenoxy) is 2. The van der Waals surface area contributed by atoms with E-state index in [1.807, 2.05) is 19.1 Å². The van der Waals surface area contributed by atoms with Gasteiger partial charge in [-0.15, -0.1) is 0 Å². The van der Waals surface area contributed by atoms with Crippen LogP contribution in [0.2, 0.25) is 0 Å². The summed E-state index contributed by atoms with van der Waals surface area (Å²) in [6.07, 6.45) is 0. The monoisotopic (exact) mass is 415 g/mol. The van der Waals surface area contributed by atoms with Gasteiger partial charge < -0.3 is 9.47 Å². The fraction of sp³-hybridized carbons (Fsp3) is 0.200. The van der Waals surface area contributed by atoms with Crippen molar-refractivity contribution in [1.82, 2.24) is 16.2 Å². The maximum Gasteiger partial charge on any atom is 0.338 e. The first-order valence-corrected chi connectivity index (χ1v) is 9.17. The van der Waals surface area contributed by atoms with Gasteiger partial charge in [-0.1, -0.05) is 18.2 Å². The summed E-state index contributed by atoms with van der Waals surface area (Å²) in [6.45, 7) is 3.53. The molecule has 2 rings (SSSR count). The van der Waals surface area contributed by atoms with Crippen LogP contribution in [-0.2, 0) is 9.53 Å². The largest absolute Gasteiger partial charge is 0.484 e. The van der Waals surface area contributed by atoms with Crippen LogP contribution in [0.5, 0.6) is 5.75 Å². The molecule has 3 N–H and O–H groups in total. The van der Waals surface area contributed by atoms with Crippen molar-refractivity contribution in [2.24, 2.45) is 0 Å². The predicted octanol–water partition coefficient (Wildman–Crippen LogP) is 1.89. The predicted molar refractivity (Wildman–Crippen MR) is 110 cm³/mol. The minimum absolute atomic E-state index is 0.0506. The Labute approximate surface area is 173 Å². The van der Waals surface area contributed by atoms with Gasteiger partial charge in [-0.25, -0.2) is 4.79 Å². The van der Waals surface area contributed by atoms with E-state index < -0.39 is 11.9 Å². The van der Waals surface area contributed by atoms with Crippen LogP contribution in [0.15, 0.2) is 48.5 Å². The van der Waals surface area contributed by atoms with E-state index in [0.717, 1.165) is 5.56 Å². The van der Waals surface area contributed by atoms with Gasteiger partial charge in [0.05, 0.1) is 12.2 Å². The zero-order chi connectivity index (χ0) is 21.2. The van der Waals surface area contributed by atoms with Crippen molar-refractivity contribution in [1.29, 1.82) is 0 Å². The van der Waals surface area contributed by atoms with Crippen LogP contribution in [0.4, 0.5) is 0 Å². The average Bonchev–Trinajstić information content (AvgIpc) is 2.71. The molecule has 0 spiro atoms. The van der Waals surface area contributed by atoms with E-state index in [4.69, 9.17) is 21.7 Å². The van der Waals surface area contributed by atoms with Crippen LogP contribution in [-0.4, -0.2) is 36.1 Å². The number of carbonyl (C=O) groups excluding carboxylic acids is 3. The first-order chi connectivity index (χ1) is 13.9. The lowest BCUT2D eigenvalue weighted by atomic mass is 10.1. The Morgan fingerprint density at radius 2 is 1.69 bits per heavy atom. The van der Waals surface area contributed by atoms with Crippen molar-refractivity contribution in [2.75, 3.05) is 13.2 Å². The second kappa shape index (κ2) is 10.8. The summed E-state index contributed by atoms with van der Waals surface area (Å²) in [4.78, 5) is 35.6. The lowest BCUT2D eigenvalue weighted by Gasteiger charge is -2.12. The number of nitrogens with one attached hydrogen (secondary N) is 3. The summed E-state index contributed by atoms with van der Waals surface area (Å²) >= 11 is 4.99. The fourth-order valence-electron chi connectivity index (χ4n) is 2.24. The number of thiocarbonyl (C=S) groups is 1. The molecule has 0 heterocycles. The minimum atomic E-state index is -0.507. The van der Waals surface area contributed by atoms with Gasteiger partial charge in [0, 0.05) is 5.56 Å². The number of rotatable bonds is 6. The third-order valence-corrected chi connectivity index (χ3v) is 3.87. The molecule has 152 valence electrons. The van der Waals surface area contributed by atoms with Crippen molar-refractivity contribution in [3.05, 3.63) is 65.2 Å². The Morgan fingerprint density at radius 3 is 2.34 bits per heavy atom. The zero-order valence-corrected chi connectivity index (χ0v) is 16.8. The molecule has 0 radical (unpaired) electrons. The van der Waals surface area contributed by atoms with Gasteiger partial charge in [0.1, 0.15) is 5.75 Å². The van der Waals surface area contributed by atoms with Gasteiger partial charge in [0.15, 0.2) is 11.7 Å². The van der Waals surface area contributed by atoms with E-state index in [1.165, 1.54) is 0 Å². The Hall–Kier alpha value is -3.46.